The number of hydrogen-bond donors (Lipinski definition) is 1. The average molecular weight is 190 g/mol. The zero-order valence-electron chi connectivity index (χ0n) is 5.47. The van der Waals surface area contributed by atoms with Crippen LogP contribution >= 0.6 is 23.8 Å². The highest BCUT2D eigenvalue weighted by molar-refractivity contribution is 7.83. The lowest BCUT2D eigenvalue weighted by molar-refractivity contribution is 0.628. The number of thiocarbonyl (C=S) groups is 1. The minimum absolute atomic E-state index is 0.107. The maximum Gasteiger partial charge on any atom is 0.171 e. The van der Waals surface area contributed by atoms with E-state index in [-0.39, 0.29) is 10.3 Å². The molecule has 11 heavy (non-hydrogen) atoms. The van der Waals surface area contributed by atoms with E-state index in [1.54, 1.807) is 12.1 Å². The van der Waals surface area contributed by atoms with Gasteiger partial charge >= 0.3 is 0 Å². The van der Waals surface area contributed by atoms with Crippen LogP contribution in [0.25, 0.3) is 0 Å². The smallest absolute Gasteiger partial charge is 0.171 e. The Balaban J connectivity index is 2.79. The molecule has 0 aromatic heterocycles. The second kappa shape index (κ2) is 3.64. The fourth-order valence-electron chi connectivity index (χ4n) is 0.680. The summed E-state index contributed by atoms with van der Waals surface area (Å²) in [4.78, 5) is 0. The Bertz CT molecular complexity index is 277. The van der Waals surface area contributed by atoms with Crippen LogP contribution in [-0.2, 0) is 0 Å². The van der Waals surface area contributed by atoms with Gasteiger partial charge in [0, 0.05) is 5.69 Å². The number of benzene rings is 1. The molecule has 1 nitrogen and oxygen atoms in total. The maximum absolute atomic E-state index is 12.5. The van der Waals surface area contributed by atoms with Crippen LogP contribution in [0.15, 0.2) is 24.3 Å². The van der Waals surface area contributed by atoms with E-state index in [0.29, 0.717) is 5.69 Å². The molecule has 1 rings (SSSR count). The molecule has 1 aromatic rings. The van der Waals surface area contributed by atoms with Gasteiger partial charge < -0.3 is 5.32 Å². The van der Waals surface area contributed by atoms with Crippen LogP contribution in [0, 0.1) is 5.82 Å². The van der Waals surface area contributed by atoms with Crippen LogP contribution in [-0.4, -0.2) is 4.45 Å². The fraction of sp³-hybridized carbons (Fsp3) is 0. The van der Waals surface area contributed by atoms with E-state index in [0.717, 1.165) is 0 Å². The first kappa shape index (κ1) is 8.43. The standard InChI is InChI=1S/C7H5ClFNS/c8-7(11)10-6-3-1-2-5(9)4-6/h1-4H,(H,10,11). The van der Waals surface area contributed by atoms with Gasteiger partial charge in [-0.1, -0.05) is 17.7 Å². The lowest BCUT2D eigenvalue weighted by atomic mass is 10.3. The number of nitrogens with one attached hydrogen (secondary N) is 1. The monoisotopic (exact) mass is 189 g/mol. The third kappa shape index (κ3) is 2.82. The topological polar surface area (TPSA) is 12.0 Å². The Morgan fingerprint density at radius 3 is 2.82 bits per heavy atom. The molecule has 0 saturated heterocycles. The molecule has 0 saturated carbocycles. The minimum atomic E-state index is -0.317. The second-order valence-electron chi connectivity index (χ2n) is 1.91. The summed E-state index contributed by atoms with van der Waals surface area (Å²) in [5.41, 5.74) is 0.560. The molecule has 0 aliphatic carbocycles. The van der Waals surface area contributed by atoms with Crippen LogP contribution in [0.5, 0.6) is 0 Å². The van der Waals surface area contributed by atoms with Gasteiger partial charge in [0.05, 0.1) is 0 Å². The molecule has 0 unspecified atom stereocenters. The molecule has 0 aliphatic heterocycles. The summed E-state index contributed by atoms with van der Waals surface area (Å²) in [7, 11) is 0. The summed E-state index contributed by atoms with van der Waals surface area (Å²) in [6.07, 6.45) is 0. The Morgan fingerprint density at radius 1 is 1.55 bits per heavy atom. The van der Waals surface area contributed by atoms with Gasteiger partial charge in [-0.2, -0.15) is 0 Å². The van der Waals surface area contributed by atoms with Gasteiger partial charge in [-0.05, 0) is 30.4 Å². The van der Waals surface area contributed by atoms with Gasteiger partial charge in [0.2, 0.25) is 0 Å². The molecule has 0 atom stereocenters. The summed E-state index contributed by atoms with van der Waals surface area (Å²) < 4.78 is 12.6. The lowest BCUT2D eigenvalue weighted by Gasteiger charge is -2.00. The Hall–Kier alpha value is -0.670. The minimum Gasteiger partial charge on any atom is -0.337 e. The van der Waals surface area contributed by atoms with Gasteiger partial charge in [0.1, 0.15) is 5.82 Å². The summed E-state index contributed by atoms with van der Waals surface area (Å²) in [5, 5.41) is 2.60. The van der Waals surface area contributed by atoms with Gasteiger partial charge in [-0.15, -0.1) is 0 Å². The summed E-state index contributed by atoms with van der Waals surface area (Å²) in [6, 6.07) is 5.92. The van der Waals surface area contributed by atoms with Gasteiger partial charge in [-0.3, -0.25) is 0 Å². The van der Waals surface area contributed by atoms with Crippen molar-refractivity contribution in [1.29, 1.82) is 0 Å². The zero-order chi connectivity index (χ0) is 8.27. The van der Waals surface area contributed by atoms with Gasteiger partial charge in [0.15, 0.2) is 4.45 Å². The molecule has 58 valence electrons. The van der Waals surface area contributed by atoms with Crippen LogP contribution in [0.1, 0.15) is 0 Å². The van der Waals surface area contributed by atoms with Crippen LogP contribution in [0.3, 0.4) is 0 Å². The molecule has 1 N–H and O–H groups in total. The molecular weight excluding hydrogens is 185 g/mol. The van der Waals surface area contributed by atoms with E-state index in [4.69, 9.17) is 11.6 Å². The van der Waals surface area contributed by atoms with E-state index in [1.807, 2.05) is 0 Å². The van der Waals surface area contributed by atoms with Crippen molar-refractivity contribution < 1.29 is 4.39 Å². The van der Waals surface area contributed by atoms with E-state index in [1.165, 1.54) is 12.1 Å². The van der Waals surface area contributed by atoms with Crippen LogP contribution in [0.4, 0.5) is 10.1 Å². The third-order valence-corrected chi connectivity index (χ3v) is 1.26. The first-order valence-electron chi connectivity index (χ1n) is 2.90. The van der Waals surface area contributed by atoms with Crippen molar-refractivity contribution in [1.82, 2.24) is 0 Å². The van der Waals surface area contributed by atoms with Crippen LogP contribution in [0.2, 0.25) is 0 Å². The third-order valence-electron chi connectivity index (χ3n) is 1.07. The van der Waals surface area contributed by atoms with Crippen molar-refractivity contribution in [2.45, 2.75) is 0 Å². The van der Waals surface area contributed by atoms with Crippen molar-refractivity contribution in [2.75, 3.05) is 5.32 Å². The Labute approximate surface area is 74.2 Å². The SMILES string of the molecule is Fc1cccc(NC(=S)Cl)c1. The van der Waals surface area contributed by atoms with Crippen molar-refractivity contribution in [3.63, 3.8) is 0 Å². The highest BCUT2D eigenvalue weighted by Gasteiger charge is 1.94. The molecule has 0 amide bonds. The van der Waals surface area contributed by atoms with Crippen molar-refractivity contribution in [3.05, 3.63) is 30.1 Å². The highest BCUT2D eigenvalue weighted by Crippen LogP contribution is 2.09. The summed E-state index contributed by atoms with van der Waals surface area (Å²) >= 11 is 9.92. The van der Waals surface area contributed by atoms with E-state index >= 15 is 0 Å². The largest absolute Gasteiger partial charge is 0.337 e. The van der Waals surface area contributed by atoms with Crippen molar-refractivity contribution >= 4 is 34.0 Å². The van der Waals surface area contributed by atoms with E-state index in [9.17, 15) is 4.39 Å². The summed E-state index contributed by atoms with van der Waals surface area (Å²) in [5.74, 6) is -0.317. The van der Waals surface area contributed by atoms with Gasteiger partial charge in [0.25, 0.3) is 0 Å². The predicted octanol–water partition coefficient (Wildman–Crippen LogP) is 2.76. The molecule has 0 heterocycles. The summed E-state index contributed by atoms with van der Waals surface area (Å²) in [6.45, 7) is 0. The lowest BCUT2D eigenvalue weighted by Crippen LogP contribution is -2.00. The van der Waals surface area contributed by atoms with E-state index < -0.39 is 0 Å². The Morgan fingerprint density at radius 2 is 2.27 bits per heavy atom. The normalized spacial score (nSPS) is 9.27. The first-order valence-corrected chi connectivity index (χ1v) is 3.69. The molecule has 0 radical (unpaired) electrons. The van der Waals surface area contributed by atoms with E-state index in [2.05, 4.69) is 17.5 Å². The Kier molecular flexibility index (Phi) is 2.79. The number of rotatable bonds is 1. The zero-order valence-corrected chi connectivity index (χ0v) is 7.05. The van der Waals surface area contributed by atoms with Crippen molar-refractivity contribution in [2.24, 2.45) is 0 Å². The average Bonchev–Trinajstić information content (AvgIpc) is 1.85. The predicted molar refractivity (Wildman–Crippen MR) is 48.5 cm³/mol. The molecule has 4 heteroatoms. The number of halogens is 2. The van der Waals surface area contributed by atoms with Crippen LogP contribution < -0.4 is 5.32 Å². The second-order valence-corrected chi connectivity index (χ2v) is 2.92. The maximum atomic E-state index is 12.5. The number of anilines is 1. The molecule has 1 aromatic carbocycles. The van der Waals surface area contributed by atoms with Crippen molar-refractivity contribution in [3.8, 4) is 0 Å². The molecule has 0 aliphatic rings. The highest BCUT2D eigenvalue weighted by atomic mass is 35.5. The fourth-order valence-corrected chi connectivity index (χ4v) is 0.907. The number of hydrogen-bond acceptors (Lipinski definition) is 1. The first-order chi connectivity index (χ1) is 5.18. The molecule has 0 spiro atoms. The molecule has 0 fully saturated rings. The molecule has 0 bridgehead atoms. The van der Waals surface area contributed by atoms with Gasteiger partial charge in [-0.25, -0.2) is 4.39 Å². The quantitative estimate of drug-likeness (QED) is 0.414. The molecular formula is C7H5ClFNS.